The van der Waals surface area contributed by atoms with Crippen molar-refractivity contribution in [3.05, 3.63) is 23.8 Å². The van der Waals surface area contributed by atoms with Gasteiger partial charge in [0.15, 0.2) is 23.9 Å². The Morgan fingerprint density at radius 3 is 2.42 bits per heavy atom. The molecule has 0 heterocycles. The second-order valence-electron chi connectivity index (χ2n) is 6.89. The van der Waals surface area contributed by atoms with E-state index in [-0.39, 0.29) is 23.7 Å². The Morgan fingerprint density at radius 2 is 1.88 bits per heavy atom. The Kier molecular flexibility index (Phi) is 7.22. The summed E-state index contributed by atoms with van der Waals surface area (Å²) in [6, 6.07) is 4.90. The van der Waals surface area contributed by atoms with Crippen molar-refractivity contribution in [2.45, 2.75) is 20.8 Å². The van der Waals surface area contributed by atoms with Gasteiger partial charge in [-0.15, -0.1) is 0 Å². The van der Waals surface area contributed by atoms with Crippen LogP contribution in [0.4, 0.5) is 0 Å². The largest absolute Gasteiger partial charge is 0.493 e. The molecule has 1 N–H and O–H groups in total. The van der Waals surface area contributed by atoms with E-state index in [1.165, 1.54) is 14.0 Å². The Labute approximate surface area is 144 Å². The predicted octanol–water partition coefficient (Wildman–Crippen LogP) is 1.98. The summed E-state index contributed by atoms with van der Waals surface area (Å²) in [6.07, 6.45) is 0. The summed E-state index contributed by atoms with van der Waals surface area (Å²) < 4.78 is 10.7. The van der Waals surface area contributed by atoms with Gasteiger partial charge in [0.2, 0.25) is 0 Å². The first-order chi connectivity index (χ1) is 11.1. The number of hydrogen-bond acceptors (Lipinski definition) is 5. The van der Waals surface area contributed by atoms with Gasteiger partial charge in [0, 0.05) is 18.7 Å². The summed E-state index contributed by atoms with van der Waals surface area (Å²) in [4.78, 5) is 25.4. The number of nitrogens with zero attached hydrogens (tertiary/aromatic N) is 1. The number of benzene rings is 1. The molecule has 0 saturated heterocycles. The molecular formula is C18H28N2O4. The van der Waals surface area contributed by atoms with Crippen molar-refractivity contribution in [3.8, 4) is 11.5 Å². The second-order valence-corrected chi connectivity index (χ2v) is 6.89. The van der Waals surface area contributed by atoms with E-state index in [1.807, 2.05) is 14.1 Å². The van der Waals surface area contributed by atoms with Crippen LogP contribution in [0.2, 0.25) is 0 Å². The molecule has 0 bridgehead atoms. The van der Waals surface area contributed by atoms with E-state index < -0.39 is 0 Å². The van der Waals surface area contributed by atoms with Crippen molar-refractivity contribution in [2.24, 2.45) is 5.41 Å². The lowest BCUT2D eigenvalue weighted by molar-refractivity contribution is -0.123. The average Bonchev–Trinajstić information content (AvgIpc) is 2.49. The first kappa shape index (κ1) is 20.0. The zero-order valence-corrected chi connectivity index (χ0v) is 15.4. The van der Waals surface area contributed by atoms with E-state index in [1.54, 1.807) is 18.2 Å². The summed E-state index contributed by atoms with van der Waals surface area (Å²) in [5.41, 5.74) is 0.508. The molecule has 0 aromatic heterocycles. The number of methoxy groups -OCH3 is 1. The summed E-state index contributed by atoms with van der Waals surface area (Å²) in [5.74, 6) is 0.619. The van der Waals surface area contributed by atoms with Crippen LogP contribution in [0.25, 0.3) is 0 Å². The van der Waals surface area contributed by atoms with Crippen molar-refractivity contribution in [2.75, 3.05) is 40.9 Å². The molecule has 24 heavy (non-hydrogen) atoms. The molecule has 6 heteroatoms. The fraction of sp³-hybridized carbons (Fsp3) is 0.556. The topological polar surface area (TPSA) is 67.9 Å². The SMILES string of the molecule is COc1cc(C(C)=O)ccc1OCC(=O)NCC(C)(C)CN(C)C. The maximum atomic E-state index is 12.0. The molecular weight excluding hydrogens is 308 g/mol. The lowest BCUT2D eigenvalue weighted by Crippen LogP contribution is -2.41. The van der Waals surface area contributed by atoms with E-state index >= 15 is 0 Å². The number of hydrogen-bond donors (Lipinski definition) is 1. The molecule has 1 aromatic rings. The minimum atomic E-state index is -0.195. The fourth-order valence-corrected chi connectivity index (χ4v) is 2.45. The number of nitrogens with one attached hydrogen (secondary N) is 1. The lowest BCUT2D eigenvalue weighted by atomic mass is 9.93. The molecule has 0 saturated carbocycles. The first-order valence-corrected chi connectivity index (χ1v) is 7.88. The molecule has 1 amide bonds. The van der Waals surface area contributed by atoms with E-state index in [4.69, 9.17) is 9.47 Å². The molecule has 1 aromatic carbocycles. The van der Waals surface area contributed by atoms with Crippen LogP contribution in [0, 0.1) is 5.41 Å². The lowest BCUT2D eigenvalue weighted by Gasteiger charge is -2.28. The van der Waals surface area contributed by atoms with Crippen molar-refractivity contribution < 1.29 is 19.1 Å². The number of amides is 1. The first-order valence-electron chi connectivity index (χ1n) is 7.88. The van der Waals surface area contributed by atoms with Gasteiger partial charge in [0.25, 0.3) is 5.91 Å². The van der Waals surface area contributed by atoms with Crippen molar-refractivity contribution in [1.82, 2.24) is 10.2 Å². The highest BCUT2D eigenvalue weighted by Gasteiger charge is 2.20. The molecule has 1 rings (SSSR count). The summed E-state index contributed by atoms with van der Waals surface area (Å²) >= 11 is 0. The highest BCUT2D eigenvalue weighted by Crippen LogP contribution is 2.28. The molecule has 0 fully saturated rings. The van der Waals surface area contributed by atoms with Crippen molar-refractivity contribution >= 4 is 11.7 Å². The van der Waals surface area contributed by atoms with Crippen LogP contribution in [0.1, 0.15) is 31.1 Å². The third-order valence-electron chi connectivity index (χ3n) is 3.44. The summed E-state index contributed by atoms with van der Waals surface area (Å²) in [5, 5.41) is 2.88. The van der Waals surface area contributed by atoms with Gasteiger partial charge < -0.3 is 19.7 Å². The van der Waals surface area contributed by atoms with Crippen LogP contribution < -0.4 is 14.8 Å². The fourth-order valence-electron chi connectivity index (χ4n) is 2.45. The van der Waals surface area contributed by atoms with Gasteiger partial charge >= 0.3 is 0 Å². The van der Waals surface area contributed by atoms with E-state index in [0.29, 0.717) is 23.6 Å². The summed E-state index contributed by atoms with van der Waals surface area (Å²) in [7, 11) is 5.50. The molecule has 0 unspecified atom stereocenters. The molecule has 0 atom stereocenters. The van der Waals surface area contributed by atoms with Gasteiger partial charge in [-0.1, -0.05) is 13.8 Å². The number of ether oxygens (including phenoxy) is 2. The smallest absolute Gasteiger partial charge is 0.257 e. The third-order valence-corrected chi connectivity index (χ3v) is 3.44. The molecule has 134 valence electrons. The molecule has 0 spiro atoms. The van der Waals surface area contributed by atoms with Gasteiger partial charge in [-0.25, -0.2) is 0 Å². The minimum Gasteiger partial charge on any atom is -0.493 e. The van der Waals surface area contributed by atoms with Crippen LogP contribution in [-0.2, 0) is 4.79 Å². The Hall–Kier alpha value is -2.08. The second kappa shape index (κ2) is 8.68. The average molecular weight is 336 g/mol. The Morgan fingerprint density at radius 1 is 1.21 bits per heavy atom. The van der Waals surface area contributed by atoms with Crippen molar-refractivity contribution in [1.29, 1.82) is 0 Å². The van der Waals surface area contributed by atoms with Gasteiger partial charge in [-0.3, -0.25) is 9.59 Å². The Balaban J connectivity index is 2.57. The van der Waals surface area contributed by atoms with Crippen molar-refractivity contribution in [3.63, 3.8) is 0 Å². The van der Waals surface area contributed by atoms with Crippen LogP contribution in [0.3, 0.4) is 0 Å². The standard InChI is InChI=1S/C18H28N2O4/c1-13(21)14-7-8-15(16(9-14)23-6)24-10-17(22)19-11-18(2,3)12-20(4)5/h7-9H,10-12H2,1-6H3,(H,19,22). The molecule has 0 aliphatic heterocycles. The molecule has 0 aliphatic carbocycles. The van der Waals surface area contributed by atoms with Gasteiger partial charge in [0.05, 0.1) is 7.11 Å². The van der Waals surface area contributed by atoms with Crippen LogP contribution in [0.5, 0.6) is 11.5 Å². The molecule has 6 nitrogen and oxygen atoms in total. The summed E-state index contributed by atoms with van der Waals surface area (Å²) in [6.45, 7) is 7.00. The number of ketones is 1. The number of carbonyl (C=O) groups is 2. The zero-order chi connectivity index (χ0) is 18.3. The number of Topliss-reactive ketones (excluding diaryl/α,β-unsaturated/α-hetero) is 1. The van der Waals surface area contributed by atoms with E-state index in [2.05, 4.69) is 24.1 Å². The minimum absolute atomic E-state index is 0.0278. The number of carbonyl (C=O) groups excluding carboxylic acids is 2. The van der Waals surface area contributed by atoms with Crippen LogP contribution >= 0.6 is 0 Å². The highest BCUT2D eigenvalue weighted by atomic mass is 16.5. The van der Waals surface area contributed by atoms with E-state index in [0.717, 1.165) is 6.54 Å². The quantitative estimate of drug-likeness (QED) is 0.699. The van der Waals surface area contributed by atoms with E-state index in [9.17, 15) is 9.59 Å². The maximum Gasteiger partial charge on any atom is 0.257 e. The van der Waals surface area contributed by atoms with Gasteiger partial charge in [-0.05, 0) is 44.6 Å². The monoisotopic (exact) mass is 336 g/mol. The van der Waals surface area contributed by atoms with Crippen LogP contribution in [0.15, 0.2) is 18.2 Å². The van der Waals surface area contributed by atoms with Gasteiger partial charge in [0.1, 0.15) is 0 Å². The predicted molar refractivity (Wildman–Crippen MR) is 93.8 cm³/mol. The highest BCUT2D eigenvalue weighted by molar-refractivity contribution is 5.94. The zero-order valence-electron chi connectivity index (χ0n) is 15.4. The normalized spacial score (nSPS) is 11.3. The van der Waals surface area contributed by atoms with Gasteiger partial charge in [-0.2, -0.15) is 0 Å². The maximum absolute atomic E-state index is 12.0. The molecule has 0 aliphatic rings. The number of rotatable bonds is 9. The van der Waals surface area contributed by atoms with Crippen LogP contribution in [-0.4, -0.2) is 57.5 Å². The Bertz CT molecular complexity index is 582. The molecule has 0 radical (unpaired) electrons. The third kappa shape index (κ3) is 6.58.